The summed E-state index contributed by atoms with van der Waals surface area (Å²) in [6.45, 7) is 16.5. The minimum atomic E-state index is -0.272. The molecule has 1 aliphatic heterocycles. The van der Waals surface area contributed by atoms with Gasteiger partial charge in [-0.25, -0.2) is 0 Å². The van der Waals surface area contributed by atoms with Gasteiger partial charge in [0.05, 0.1) is 11.2 Å². The Morgan fingerprint density at radius 2 is 1.35 bits per heavy atom. The molecule has 1 rings (SSSR count). The van der Waals surface area contributed by atoms with Crippen LogP contribution in [0.3, 0.4) is 0 Å². The highest BCUT2D eigenvalue weighted by Crippen LogP contribution is 2.37. The zero-order chi connectivity index (χ0) is 13.9. The van der Waals surface area contributed by atoms with Crippen LogP contribution in [0.1, 0.15) is 61.8 Å². The van der Waals surface area contributed by atoms with Crippen LogP contribution in [0.15, 0.2) is 0 Å². The molecular formula is C13H30BNO2. The van der Waals surface area contributed by atoms with Gasteiger partial charge in [-0.05, 0) is 40.0 Å². The van der Waals surface area contributed by atoms with Crippen molar-refractivity contribution in [3.63, 3.8) is 0 Å². The molecule has 1 heterocycles. The van der Waals surface area contributed by atoms with Crippen molar-refractivity contribution in [3.8, 4) is 0 Å². The van der Waals surface area contributed by atoms with Crippen LogP contribution < -0.4 is 5.73 Å². The molecule has 1 fully saturated rings. The Morgan fingerprint density at radius 3 is 1.65 bits per heavy atom. The van der Waals surface area contributed by atoms with E-state index in [1.165, 1.54) is 0 Å². The summed E-state index contributed by atoms with van der Waals surface area (Å²) >= 11 is 0. The molecule has 3 nitrogen and oxygen atoms in total. The first kappa shape index (κ1) is 16.9. The van der Waals surface area contributed by atoms with Gasteiger partial charge in [-0.15, -0.1) is 0 Å². The highest BCUT2D eigenvalue weighted by molar-refractivity contribution is 6.47. The fourth-order valence-corrected chi connectivity index (χ4v) is 1.72. The SMILES string of the molecule is CC.CC(C)C[C@H](N)B1OC(C)(C)C(C)(C)O1. The Labute approximate surface area is 108 Å². The molecule has 2 N–H and O–H groups in total. The molecule has 17 heavy (non-hydrogen) atoms. The van der Waals surface area contributed by atoms with E-state index in [1.54, 1.807) is 0 Å². The van der Waals surface area contributed by atoms with Gasteiger partial charge in [-0.2, -0.15) is 0 Å². The summed E-state index contributed by atoms with van der Waals surface area (Å²) in [5, 5.41) is 0. The highest BCUT2D eigenvalue weighted by Gasteiger charge is 2.52. The molecule has 0 spiro atoms. The average Bonchev–Trinajstić information content (AvgIpc) is 2.38. The Balaban J connectivity index is 0.00000121. The topological polar surface area (TPSA) is 44.5 Å². The molecule has 0 aliphatic carbocycles. The Kier molecular flexibility index (Phi) is 6.19. The van der Waals surface area contributed by atoms with E-state index in [0.717, 1.165) is 6.42 Å². The quantitative estimate of drug-likeness (QED) is 0.775. The van der Waals surface area contributed by atoms with Crippen LogP contribution in [0.5, 0.6) is 0 Å². The molecule has 1 aliphatic rings. The Morgan fingerprint density at radius 1 is 1.00 bits per heavy atom. The predicted octanol–water partition coefficient (Wildman–Crippen LogP) is 3.02. The number of hydrogen-bond acceptors (Lipinski definition) is 3. The third-order valence-electron chi connectivity index (χ3n) is 3.36. The van der Waals surface area contributed by atoms with Crippen molar-refractivity contribution in [1.29, 1.82) is 0 Å². The van der Waals surface area contributed by atoms with Crippen LogP contribution in [-0.2, 0) is 9.31 Å². The lowest BCUT2D eigenvalue weighted by Gasteiger charge is -2.32. The van der Waals surface area contributed by atoms with E-state index in [0.29, 0.717) is 5.92 Å². The van der Waals surface area contributed by atoms with E-state index >= 15 is 0 Å². The summed E-state index contributed by atoms with van der Waals surface area (Å²) in [7, 11) is -0.266. The molecule has 1 saturated heterocycles. The third-order valence-corrected chi connectivity index (χ3v) is 3.36. The molecule has 0 aromatic heterocycles. The number of hydrogen-bond donors (Lipinski definition) is 1. The zero-order valence-electron chi connectivity index (χ0n) is 12.8. The smallest absolute Gasteiger partial charge is 0.402 e. The van der Waals surface area contributed by atoms with E-state index < -0.39 is 0 Å². The van der Waals surface area contributed by atoms with Gasteiger partial charge in [-0.3, -0.25) is 0 Å². The molecular weight excluding hydrogens is 213 g/mol. The molecule has 0 radical (unpaired) electrons. The van der Waals surface area contributed by atoms with Crippen LogP contribution in [-0.4, -0.2) is 24.3 Å². The first-order valence-corrected chi connectivity index (χ1v) is 6.77. The van der Waals surface area contributed by atoms with Crippen molar-refractivity contribution in [3.05, 3.63) is 0 Å². The van der Waals surface area contributed by atoms with Crippen LogP contribution >= 0.6 is 0 Å². The van der Waals surface area contributed by atoms with E-state index in [1.807, 2.05) is 13.8 Å². The Bertz CT molecular complexity index is 213. The standard InChI is InChI=1S/C11H24BNO2.C2H6/c1-8(2)7-9(13)12-14-10(3,4)11(5,6)15-12;1-2/h8-9H,7,13H2,1-6H3;1-2H3/t9-;/m0./s1. The maximum absolute atomic E-state index is 6.07. The van der Waals surface area contributed by atoms with E-state index in [-0.39, 0.29) is 24.3 Å². The van der Waals surface area contributed by atoms with E-state index in [4.69, 9.17) is 15.0 Å². The molecule has 0 unspecified atom stereocenters. The second-order valence-corrected chi connectivity index (χ2v) is 5.92. The van der Waals surface area contributed by atoms with E-state index in [2.05, 4.69) is 41.5 Å². The number of nitrogens with two attached hydrogens (primary N) is 1. The minimum absolute atomic E-state index is 0.0361. The van der Waals surface area contributed by atoms with Crippen LogP contribution in [0.4, 0.5) is 0 Å². The van der Waals surface area contributed by atoms with Crippen molar-refractivity contribution in [1.82, 2.24) is 0 Å². The molecule has 0 aromatic carbocycles. The van der Waals surface area contributed by atoms with Crippen LogP contribution in [0.2, 0.25) is 0 Å². The van der Waals surface area contributed by atoms with Gasteiger partial charge < -0.3 is 15.0 Å². The first-order valence-electron chi connectivity index (χ1n) is 6.77. The lowest BCUT2D eigenvalue weighted by Crippen LogP contribution is -2.42. The van der Waals surface area contributed by atoms with Crippen molar-refractivity contribution in [2.24, 2.45) is 11.7 Å². The van der Waals surface area contributed by atoms with Gasteiger partial charge in [0, 0.05) is 5.94 Å². The predicted molar refractivity (Wildman–Crippen MR) is 74.9 cm³/mol. The van der Waals surface area contributed by atoms with Gasteiger partial charge in [0.25, 0.3) is 0 Å². The van der Waals surface area contributed by atoms with Gasteiger partial charge in [0.1, 0.15) is 0 Å². The van der Waals surface area contributed by atoms with Crippen molar-refractivity contribution in [2.45, 2.75) is 79.0 Å². The van der Waals surface area contributed by atoms with Gasteiger partial charge >= 0.3 is 7.12 Å². The van der Waals surface area contributed by atoms with Crippen molar-refractivity contribution >= 4 is 7.12 Å². The molecule has 0 aromatic rings. The zero-order valence-corrected chi connectivity index (χ0v) is 12.8. The fraction of sp³-hybridized carbons (Fsp3) is 1.00. The highest BCUT2D eigenvalue weighted by atomic mass is 16.7. The van der Waals surface area contributed by atoms with E-state index in [9.17, 15) is 0 Å². The van der Waals surface area contributed by atoms with Gasteiger partial charge in [0.2, 0.25) is 0 Å². The summed E-state index contributed by atoms with van der Waals surface area (Å²) in [5.74, 6) is 0.532. The molecule has 0 amide bonds. The molecule has 0 bridgehead atoms. The second-order valence-electron chi connectivity index (χ2n) is 5.92. The van der Waals surface area contributed by atoms with Gasteiger partial charge in [-0.1, -0.05) is 27.7 Å². The lowest BCUT2D eigenvalue weighted by molar-refractivity contribution is 0.00578. The molecule has 102 valence electrons. The first-order chi connectivity index (χ1) is 7.66. The van der Waals surface area contributed by atoms with Gasteiger partial charge in [0.15, 0.2) is 0 Å². The summed E-state index contributed by atoms with van der Waals surface area (Å²) in [6.07, 6.45) is 0.927. The molecule has 0 saturated carbocycles. The lowest BCUT2D eigenvalue weighted by atomic mass is 9.75. The molecule has 1 atom stereocenters. The molecule has 4 heteroatoms. The average molecular weight is 243 g/mol. The Hall–Kier alpha value is -0.0551. The fourth-order valence-electron chi connectivity index (χ4n) is 1.72. The monoisotopic (exact) mass is 243 g/mol. The maximum Gasteiger partial charge on any atom is 0.475 e. The summed E-state index contributed by atoms with van der Waals surface area (Å²) in [4.78, 5) is 0. The normalized spacial score (nSPS) is 23.3. The van der Waals surface area contributed by atoms with Crippen molar-refractivity contribution in [2.75, 3.05) is 0 Å². The maximum atomic E-state index is 6.07. The van der Waals surface area contributed by atoms with Crippen LogP contribution in [0.25, 0.3) is 0 Å². The summed E-state index contributed by atoms with van der Waals surface area (Å²) in [6, 6.07) is 0. The second kappa shape index (κ2) is 6.21. The summed E-state index contributed by atoms with van der Waals surface area (Å²) in [5.41, 5.74) is 5.53. The van der Waals surface area contributed by atoms with Crippen molar-refractivity contribution < 1.29 is 9.31 Å². The minimum Gasteiger partial charge on any atom is -0.402 e. The largest absolute Gasteiger partial charge is 0.475 e. The summed E-state index contributed by atoms with van der Waals surface area (Å²) < 4.78 is 11.8. The van der Waals surface area contributed by atoms with Crippen LogP contribution in [0, 0.1) is 5.92 Å². The third kappa shape index (κ3) is 4.27. The number of rotatable bonds is 3.